The molecule has 0 bridgehead atoms. The van der Waals surface area contributed by atoms with Gasteiger partial charge in [-0.3, -0.25) is 19.2 Å². The molecule has 2 aromatic heterocycles. The molecule has 0 spiro atoms. The molecule has 6 aromatic rings. The van der Waals surface area contributed by atoms with E-state index in [1.54, 1.807) is 84.6 Å². The predicted octanol–water partition coefficient (Wildman–Crippen LogP) is 11.7. The summed E-state index contributed by atoms with van der Waals surface area (Å²) in [6, 6.07) is 20.1. The number of nitrogens with zero attached hydrogens (tertiary/aromatic N) is 6. The summed E-state index contributed by atoms with van der Waals surface area (Å²) in [5.41, 5.74) is 2.45. The number of thiol groups is 1. The molecule has 0 aliphatic heterocycles. The molecule has 0 saturated heterocycles. The highest BCUT2D eigenvalue weighted by molar-refractivity contribution is 7.99. The lowest BCUT2D eigenvalue weighted by atomic mass is 9.75. The van der Waals surface area contributed by atoms with Crippen molar-refractivity contribution in [1.82, 2.24) is 29.9 Å². The van der Waals surface area contributed by atoms with Gasteiger partial charge in [-0.2, -0.15) is 29.9 Å². The van der Waals surface area contributed by atoms with Gasteiger partial charge >= 0.3 is 0 Å². The standard InChI is InChI=1S/C52H56N10O4S2/c1-4-7-10-17-28-53-47-57-49(60-51(67)59-47)55-37-26-24-31(39-41(37)45(65)35-22-15-13-20-33(35)43(39)63)32-25-27-38(42-40(32)44(64)34-21-14-16-23-36(34)46(42)66)56-50-58-48(54-29-18-11-8-5-2)61-52(62-50)68-30-19-12-9-6-3/h13-16,20-27H,4-12,17-19,28-30H2,1-3H3,(H2,54,56,58,61,62)(H3,53,55,57,59,60,67). The molecule has 0 amide bonds. The molecule has 2 aliphatic rings. The second-order valence-corrected chi connectivity index (χ2v) is 18.4. The number of nitrogens with one attached hydrogen (secondary N) is 4. The van der Waals surface area contributed by atoms with Crippen LogP contribution in [0.5, 0.6) is 0 Å². The first-order valence-electron chi connectivity index (χ1n) is 23.8. The first-order valence-corrected chi connectivity index (χ1v) is 25.2. The van der Waals surface area contributed by atoms with Crippen LogP contribution >= 0.6 is 24.4 Å². The minimum atomic E-state index is -0.417. The van der Waals surface area contributed by atoms with Gasteiger partial charge < -0.3 is 21.3 Å². The molecule has 0 radical (unpaired) electrons. The molecule has 350 valence electrons. The van der Waals surface area contributed by atoms with E-state index in [0.717, 1.165) is 82.8 Å². The van der Waals surface area contributed by atoms with Gasteiger partial charge in [0.05, 0.1) is 22.5 Å². The van der Waals surface area contributed by atoms with Crippen molar-refractivity contribution < 1.29 is 19.2 Å². The Morgan fingerprint density at radius 3 is 1.29 bits per heavy atom. The largest absolute Gasteiger partial charge is 0.354 e. The van der Waals surface area contributed by atoms with E-state index in [4.69, 9.17) is 15.0 Å². The number of anilines is 6. The SMILES string of the molecule is CCCCCCNc1nc(S)nc(Nc2ccc(-c3ccc(Nc4nc(NCCCCCC)nc(SCCCCCC)n4)c4c3C(=O)c3ccccc3C4=O)c3c2C(=O)c2ccccc2C3=O)n1. The zero-order chi connectivity index (χ0) is 47.6. The monoisotopic (exact) mass is 948 g/mol. The fourth-order valence-corrected chi connectivity index (χ4v) is 9.62. The average Bonchev–Trinajstić information content (AvgIpc) is 3.34. The molecule has 16 heteroatoms. The molecule has 14 nitrogen and oxygen atoms in total. The molecule has 2 aliphatic carbocycles. The van der Waals surface area contributed by atoms with Crippen LogP contribution in [0.2, 0.25) is 0 Å². The van der Waals surface area contributed by atoms with E-state index in [-0.39, 0.29) is 73.0 Å². The summed E-state index contributed by atoms with van der Waals surface area (Å²) >= 11 is 5.98. The Morgan fingerprint density at radius 1 is 0.426 bits per heavy atom. The van der Waals surface area contributed by atoms with E-state index in [1.165, 1.54) is 0 Å². The number of rotatable bonds is 23. The Bertz CT molecular complexity index is 2840. The number of thioether (sulfide) groups is 1. The van der Waals surface area contributed by atoms with Crippen LogP contribution in [0.25, 0.3) is 11.1 Å². The van der Waals surface area contributed by atoms with Gasteiger partial charge in [0.15, 0.2) is 33.4 Å². The molecule has 0 atom stereocenters. The lowest BCUT2D eigenvalue weighted by Gasteiger charge is -2.26. The minimum absolute atomic E-state index is 0.0721. The lowest BCUT2D eigenvalue weighted by Crippen LogP contribution is -2.25. The summed E-state index contributed by atoms with van der Waals surface area (Å²) in [6.45, 7) is 7.85. The van der Waals surface area contributed by atoms with Crippen LogP contribution in [0, 0.1) is 0 Å². The van der Waals surface area contributed by atoms with Crippen molar-refractivity contribution >= 4 is 82.7 Å². The number of unbranched alkanes of at least 4 members (excludes halogenated alkanes) is 9. The number of aromatic nitrogens is 6. The van der Waals surface area contributed by atoms with Gasteiger partial charge in [-0.15, -0.1) is 12.6 Å². The fourth-order valence-electron chi connectivity index (χ4n) is 8.60. The first-order chi connectivity index (χ1) is 33.2. The third kappa shape index (κ3) is 10.6. The summed E-state index contributed by atoms with van der Waals surface area (Å²) in [5, 5.41) is 13.8. The third-order valence-corrected chi connectivity index (χ3v) is 13.2. The topological polar surface area (TPSA) is 194 Å². The van der Waals surface area contributed by atoms with E-state index in [0.29, 0.717) is 47.0 Å². The van der Waals surface area contributed by atoms with Gasteiger partial charge in [0.1, 0.15) is 0 Å². The van der Waals surface area contributed by atoms with E-state index in [9.17, 15) is 19.2 Å². The molecule has 2 heterocycles. The van der Waals surface area contributed by atoms with Crippen LogP contribution in [0.1, 0.15) is 162 Å². The van der Waals surface area contributed by atoms with Crippen molar-refractivity contribution in [2.24, 2.45) is 0 Å². The van der Waals surface area contributed by atoms with Crippen molar-refractivity contribution in [3.8, 4) is 11.1 Å². The third-order valence-electron chi connectivity index (χ3n) is 12.0. The van der Waals surface area contributed by atoms with Crippen molar-refractivity contribution in [2.45, 2.75) is 108 Å². The normalized spacial score (nSPS) is 12.6. The Morgan fingerprint density at radius 2 is 0.824 bits per heavy atom. The molecular formula is C52H56N10O4S2. The Labute approximate surface area is 406 Å². The highest BCUT2D eigenvalue weighted by Gasteiger charge is 2.38. The second-order valence-electron chi connectivity index (χ2n) is 16.9. The summed E-state index contributed by atoms with van der Waals surface area (Å²) < 4.78 is 0. The summed E-state index contributed by atoms with van der Waals surface area (Å²) in [5.74, 6) is 0.272. The number of carbonyl (C=O) groups excluding carboxylic acids is 4. The molecule has 8 rings (SSSR count). The van der Waals surface area contributed by atoms with Crippen LogP contribution in [0.15, 0.2) is 83.1 Å². The van der Waals surface area contributed by atoms with Crippen LogP contribution in [0.4, 0.5) is 35.2 Å². The van der Waals surface area contributed by atoms with Gasteiger partial charge in [-0.05, 0) is 42.5 Å². The highest BCUT2D eigenvalue weighted by Crippen LogP contribution is 2.44. The maximum Gasteiger partial charge on any atom is 0.233 e. The molecule has 68 heavy (non-hydrogen) atoms. The molecule has 4 N–H and O–H groups in total. The minimum Gasteiger partial charge on any atom is -0.354 e. The van der Waals surface area contributed by atoms with Gasteiger partial charge in [0.2, 0.25) is 23.8 Å². The van der Waals surface area contributed by atoms with Crippen LogP contribution in [0.3, 0.4) is 0 Å². The van der Waals surface area contributed by atoms with Crippen molar-refractivity contribution in [1.29, 1.82) is 0 Å². The van der Waals surface area contributed by atoms with Gasteiger partial charge in [0, 0.05) is 52.2 Å². The average molecular weight is 949 g/mol. The molecule has 0 unspecified atom stereocenters. The van der Waals surface area contributed by atoms with Crippen LogP contribution in [-0.4, -0.2) is 71.9 Å². The zero-order valence-electron chi connectivity index (χ0n) is 38.7. The van der Waals surface area contributed by atoms with Crippen molar-refractivity contribution in [3.63, 3.8) is 0 Å². The number of ketones is 4. The molecule has 0 saturated carbocycles. The Hall–Kier alpha value is -6.52. The number of hydrogen-bond donors (Lipinski definition) is 5. The number of hydrogen-bond acceptors (Lipinski definition) is 16. The van der Waals surface area contributed by atoms with Gasteiger partial charge in [0.25, 0.3) is 0 Å². The maximum atomic E-state index is 14.9. The number of carbonyl (C=O) groups is 4. The quantitative estimate of drug-likeness (QED) is 0.0231. The highest BCUT2D eigenvalue weighted by atomic mass is 32.2. The fraction of sp³-hybridized carbons (Fsp3) is 0.346. The summed E-state index contributed by atoms with van der Waals surface area (Å²) in [4.78, 5) is 86.8. The van der Waals surface area contributed by atoms with Crippen molar-refractivity contribution in [2.75, 3.05) is 40.1 Å². The smallest absolute Gasteiger partial charge is 0.233 e. The summed E-state index contributed by atoms with van der Waals surface area (Å²) in [6.07, 6.45) is 13.0. The van der Waals surface area contributed by atoms with E-state index in [2.05, 4.69) is 69.6 Å². The molecular weight excluding hydrogens is 893 g/mol. The van der Waals surface area contributed by atoms with Crippen molar-refractivity contribution in [3.05, 3.63) is 117 Å². The lowest BCUT2D eigenvalue weighted by molar-refractivity contribution is 0.0978. The van der Waals surface area contributed by atoms with Crippen LogP contribution in [-0.2, 0) is 0 Å². The van der Waals surface area contributed by atoms with Gasteiger partial charge in [-0.25, -0.2) is 0 Å². The second kappa shape index (κ2) is 22.5. The zero-order valence-corrected chi connectivity index (χ0v) is 40.4. The summed E-state index contributed by atoms with van der Waals surface area (Å²) in [7, 11) is 0. The number of benzene rings is 4. The van der Waals surface area contributed by atoms with Gasteiger partial charge in [-0.1, -0.05) is 151 Å². The van der Waals surface area contributed by atoms with E-state index in [1.807, 2.05) is 0 Å². The Balaban J connectivity index is 1.22. The van der Waals surface area contributed by atoms with Crippen LogP contribution < -0.4 is 21.3 Å². The van der Waals surface area contributed by atoms with E-state index < -0.39 is 17.3 Å². The first kappa shape index (κ1) is 48.0. The Kier molecular flexibility index (Phi) is 15.9. The predicted molar refractivity (Wildman–Crippen MR) is 272 cm³/mol. The molecule has 0 fully saturated rings. The molecule has 4 aromatic carbocycles. The van der Waals surface area contributed by atoms with E-state index >= 15 is 0 Å². The number of fused-ring (bicyclic) bond motifs is 4. The maximum absolute atomic E-state index is 14.9.